The lowest BCUT2D eigenvalue weighted by Gasteiger charge is -2.52. The predicted molar refractivity (Wildman–Crippen MR) is 108 cm³/mol. The van der Waals surface area contributed by atoms with Crippen LogP contribution in [0.5, 0.6) is 5.75 Å². The molecule has 4 fully saturated rings. The molecule has 1 atom stereocenters. The third-order valence-electron chi connectivity index (χ3n) is 6.53. The van der Waals surface area contributed by atoms with Crippen LogP contribution in [0.1, 0.15) is 40.9 Å². The van der Waals surface area contributed by atoms with Crippen LogP contribution in [-0.2, 0) is 0 Å². The van der Waals surface area contributed by atoms with Gasteiger partial charge in [0.25, 0.3) is 5.91 Å². The zero-order valence-corrected chi connectivity index (χ0v) is 16.8. The Kier molecular flexibility index (Phi) is 4.45. The Labute approximate surface area is 164 Å². The van der Waals surface area contributed by atoms with Crippen LogP contribution >= 0.6 is 23.7 Å². The van der Waals surface area contributed by atoms with Crippen LogP contribution in [0.4, 0.5) is 0 Å². The van der Waals surface area contributed by atoms with E-state index in [-0.39, 0.29) is 23.9 Å². The van der Waals surface area contributed by atoms with Crippen molar-refractivity contribution in [3.63, 3.8) is 0 Å². The molecule has 1 amide bonds. The number of hydrogen-bond acceptors (Lipinski definition) is 4. The fraction of sp³-hybridized carbons (Fsp3) is 0.550. The van der Waals surface area contributed by atoms with Crippen LogP contribution in [-0.4, -0.2) is 42.6 Å². The van der Waals surface area contributed by atoms with Gasteiger partial charge >= 0.3 is 0 Å². The van der Waals surface area contributed by atoms with E-state index in [9.17, 15) is 4.79 Å². The highest BCUT2D eigenvalue weighted by molar-refractivity contribution is 7.21. The Hall–Kier alpha value is -1.30. The first-order valence-electron chi connectivity index (χ1n) is 9.25. The summed E-state index contributed by atoms with van der Waals surface area (Å²) in [6, 6.07) is 6.48. The van der Waals surface area contributed by atoms with Gasteiger partial charge in [-0.15, -0.1) is 23.7 Å². The van der Waals surface area contributed by atoms with Gasteiger partial charge in [0.2, 0.25) is 0 Å². The molecule has 6 heteroatoms. The molecule has 2 bridgehead atoms. The first-order chi connectivity index (χ1) is 12.1. The van der Waals surface area contributed by atoms with E-state index in [1.165, 1.54) is 38.8 Å². The number of piperidine rings is 3. The second-order valence-electron chi connectivity index (χ2n) is 7.82. The largest absolute Gasteiger partial charge is 0.495 e. The molecule has 0 unspecified atom stereocenters. The number of halogens is 1. The molecule has 4 aliphatic rings. The van der Waals surface area contributed by atoms with Crippen molar-refractivity contribution in [2.45, 2.75) is 44.2 Å². The highest BCUT2D eigenvalue weighted by atomic mass is 35.5. The third-order valence-corrected chi connectivity index (χ3v) is 7.68. The van der Waals surface area contributed by atoms with Crippen LogP contribution in [0.15, 0.2) is 18.2 Å². The van der Waals surface area contributed by atoms with Crippen molar-refractivity contribution in [2.24, 2.45) is 5.92 Å². The molecule has 3 saturated heterocycles. The van der Waals surface area contributed by atoms with Gasteiger partial charge in [-0.3, -0.25) is 9.69 Å². The summed E-state index contributed by atoms with van der Waals surface area (Å²) in [6.07, 6.45) is 4.94. The summed E-state index contributed by atoms with van der Waals surface area (Å²) < 4.78 is 6.63. The molecule has 0 radical (unpaired) electrons. The molecular formula is C20H25ClN2O2S. The van der Waals surface area contributed by atoms with Gasteiger partial charge < -0.3 is 10.1 Å². The third kappa shape index (κ3) is 2.55. The van der Waals surface area contributed by atoms with Crippen molar-refractivity contribution in [1.82, 2.24) is 10.2 Å². The van der Waals surface area contributed by atoms with Gasteiger partial charge in [-0.2, -0.15) is 0 Å². The molecule has 26 heavy (non-hydrogen) atoms. The Morgan fingerprint density at radius 1 is 1.31 bits per heavy atom. The summed E-state index contributed by atoms with van der Waals surface area (Å²) in [7, 11) is 1.70. The minimum atomic E-state index is 0. The van der Waals surface area contributed by atoms with Gasteiger partial charge in [0.15, 0.2) is 0 Å². The zero-order chi connectivity index (χ0) is 17.2. The minimum absolute atomic E-state index is 0. The number of aryl methyl sites for hydroxylation is 1. The molecule has 1 aliphatic carbocycles. The lowest BCUT2D eigenvalue weighted by Crippen LogP contribution is -2.65. The summed E-state index contributed by atoms with van der Waals surface area (Å²) in [5.41, 5.74) is 1.39. The van der Waals surface area contributed by atoms with Crippen molar-refractivity contribution in [3.8, 4) is 5.75 Å². The average molecular weight is 393 g/mol. The van der Waals surface area contributed by atoms with E-state index in [1.807, 2.05) is 13.0 Å². The molecule has 2 aromatic rings. The Bertz CT molecular complexity index is 853. The van der Waals surface area contributed by atoms with Crippen LogP contribution in [0.25, 0.3) is 10.1 Å². The fourth-order valence-corrected chi connectivity index (χ4v) is 6.21. The van der Waals surface area contributed by atoms with Crippen LogP contribution in [0, 0.1) is 12.8 Å². The number of thiophene rings is 1. The molecule has 4 nitrogen and oxygen atoms in total. The van der Waals surface area contributed by atoms with Gasteiger partial charge in [-0.05, 0) is 68.6 Å². The van der Waals surface area contributed by atoms with Crippen molar-refractivity contribution >= 4 is 39.7 Å². The summed E-state index contributed by atoms with van der Waals surface area (Å²) in [4.78, 5) is 16.4. The number of nitrogens with zero attached hydrogens (tertiary/aromatic N) is 1. The van der Waals surface area contributed by atoms with Crippen LogP contribution in [0.3, 0.4) is 0 Å². The van der Waals surface area contributed by atoms with Gasteiger partial charge in [-0.25, -0.2) is 0 Å². The topological polar surface area (TPSA) is 41.6 Å². The average Bonchev–Trinajstić information content (AvgIpc) is 3.28. The zero-order valence-electron chi connectivity index (χ0n) is 15.2. The molecule has 1 saturated carbocycles. The molecular weight excluding hydrogens is 368 g/mol. The number of fused-ring (bicyclic) bond motifs is 3. The van der Waals surface area contributed by atoms with E-state index < -0.39 is 0 Å². The summed E-state index contributed by atoms with van der Waals surface area (Å²) in [5.74, 6) is 1.64. The van der Waals surface area contributed by atoms with Gasteiger partial charge in [0, 0.05) is 5.54 Å². The number of hydrogen-bond donors (Lipinski definition) is 1. The molecule has 6 rings (SSSR count). The number of amides is 1. The van der Waals surface area contributed by atoms with E-state index in [0.29, 0.717) is 12.0 Å². The number of methoxy groups -OCH3 is 1. The second-order valence-corrected chi connectivity index (χ2v) is 8.88. The van der Waals surface area contributed by atoms with Crippen molar-refractivity contribution in [2.75, 3.05) is 20.2 Å². The Balaban J connectivity index is 0.00000168. The Morgan fingerprint density at radius 3 is 2.69 bits per heavy atom. The monoisotopic (exact) mass is 392 g/mol. The van der Waals surface area contributed by atoms with Gasteiger partial charge in [-0.1, -0.05) is 12.1 Å². The fourth-order valence-electron chi connectivity index (χ4n) is 5.07. The van der Waals surface area contributed by atoms with Gasteiger partial charge in [0.1, 0.15) is 5.75 Å². The first kappa shape index (κ1) is 18.1. The maximum Gasteiger partial charge on any atom is 0.261 e. The quantitative estimate of drug-likeness (QED) is 0.858. The van der Waals surface area contributed by atoms with Crippen molar-refractivity contribution < 1.29 is 9.53 Å². The standard InChI is InChI=1S/C20H24N2O2S.ClH/c1-12-3-4-14-11-15(25-17(14)16(12)24-2)19(23)21-18-13-5-9-22(10-6-13)20(18)7-8-20;/h3-4,11,13,18H,5-10H2,1-2H3,(H,21,23);1H/t18-;/m1./s1. The van der Waals surface area contributed by atoms with Gasteiger partial charge in [0.05, 0.1) is 22.7 Å². The second kappa shape index (κ2) is 6.39. The number of ether oxygens (including phenoxy) is 1. The molecule has 1 spiro atoms. The molecule has 1 aromatic carbocycles. The van der Waals surface area contributed by atoms with E-state index in [0.717, 1.165) is 26.3 Å². The highest BCUT2D eigenvalue weighted by Gasteiger charge is 2.60. The van der Waals surface area contributed by atoms with Crippen LogP contribution in [0.2, 0.25) is 0 Å². The van der Waals surface area contributed by atoms with E-state index in [1.54, 1.807) is 18.4 Å². The number of carbonyl (C=O) groups is 1. The van der Waals surface area contributed by atoms with E-state index in [2.05, 4.69) is 22.3 Å². The lowest BCUT2D eigenvalue weighted by molar-refractivity contribution is -0.00138. The van der Waals surface area contributed by atoms with Crippen LogP contribution < -0.4 is 10.1 Å². The molecule has 1 aromatic heterocycles. The number of nitrogens with one attached hydrogen (secondary N) is 1. The number of benzene rings is 1. The first-order valence-corrected chi connectivity index (χ1v) is 10.1. The SMILES string of the molecule is COc1c(C)ccc2cc(C(=O)N[C@@H]3C4CCN(CC4)C34CC4)sc12.Cl. The number of carbonyl (C=O) groups excluding carboxylic acids is 1. The molecule has 3 aliphatic heterocycles. The highest BCUT2D eigenvalue weighted by Crippen LogP contribution is 2.53. The molecule has 1 N–H and O–H groups in total. The smallest absolute Gasteiger partial charge is 0.261 e. The molecule has 140 valence electrons. The van der Waals surface area contributed by atoms with Crippen molar-refractivity contribution in [1.29, 1.82) is 0 Å². The lowest BCUT2D eigenvalue weighted by atomic mass is 9.77. The Morgan fingerprint density at radius 2 is 2.04 bits per heavy atom. The van der Waals surface area contributed by atoms with Crippen molar-refractivity contribution in [3.05, 3.63) is 28.6 Å². The summed E-state index contributed by atoms with van der Waals surface area (Å²) in [5, 5.41) is 4.51. The maximum atomic E-state index is 13.0. The summed E-state index contributed by atoms with van der Waals surface area (Å²) >= 11 is 1.55. The minimum Gasteiger partial charge on any atom is -0.495 e. The molecule has 4 heterocycles. The maximum absolute atomic E-state index is 13.0. The van der Waals surface area contributed by atoms with E-state index in [4.69, 9.17) is 4.74 Å². The summed E-state index contributed by atoms with van der Waals surface area (Å²) in [6.45, 7) is 4.48. The number of rotatable bonds is 3. The van der Waals surface area contributed by atoms with E-state index >= 15 is 0 Å². The predicted octanol–water partition coefficient (Wildman–Crippen LogP) is 4.00. The normalized spacial score (nSPS) is 28.0.